The van der Waals surface area contributed by atoms with Gasteiger partial charge in [-0.1, -0.05) is 29.4 Å². The molecule has 0 spiro atoms. The van der Waals surface area contributed by atoms with Gasteiger partial charge in [-0.3, -0.25) is 4.79 Å². The lowest BCUT2D eigenvalue weighted by Crippen LogP contribution is -2.11. The van der Waals surface area contributed by atoms with Gasteiger partial charge >= 0.3 is 0 Å². The van der Waals surface area contributed by atoms with Crippen LogP contribution in [-0.4, -0.2) is 18.2 Å². The molecule has 0 fully saturated rings. The first-order valence-electron chi connectivity index (χ1n) is 9.74. The molecule has 3 aromatic rings. The monoisotopic (exact) mass is 421 g/mol. The van der Waals surface area contributed by atoms with Gasteiger partial charge in [0.05, 0.1) is 21.1 Å². The van der Waals surface area contributed by atoms with Crippen molar-refractivity contribution < 1.29 is 14.4 Å². The summed E-state index contributed by atoms with van der Waals surface area (Å²) in [7, 11) is 0. The van der Waals surface area contributed by atoms with Crippen molar-refractivity contribution in [2.24, 2.45) is 5.16 Å². The van der Waals surface area contributed by atoms with E-state index >= 15 is 0 Å². The number of nitrogens with two attached hydrogens (primary N) is 1. The lowest BCUT2D eigenvalue weighted by Gasteiger charge is -2.16. The van der Waals surface area contributed by atoms with Gasteiger partial charge in [-0.15, -0.1) is 11.3 Å². The van der Waals surface area contributed by atoms with Gasteiger partial charge in [0.1, 0.15) is 11.9 Å². The van der Waals surface area contributed by atoms with E-state index in [1.54, 1.807) is 31.3 Å². The Hall–Kier alpha value is -3.32. The summed E-state index contributed by atoms with van der Waals surface area (Å²) in [6.45, 7) is 3.85. The first-order chi connectivity index (χ1) is 14.6. The van der Waals surface area contributed by atoms with Crippen LogP contribution in [-0.2, 0) is 11.3 Å². The van der Waals surface area contributed by atoms with Crippen LogP contribution < -0.4 is 15.8 Å². The number of para-hydroxylation sites is 2. The number of anilines is 2. The predicted octanol–water partition coefficient (Wildman–Crippen LogP) is 5.02. The van der Waals surface area contributed by atoms with E-state index in [9.17, 15) is 4.79 Å². The molecular formula is C23H23N3O3S. The fourth-order valence-corrected chi connectivity index (χ4v) is 4.44. The number of oxime groups is 1. The number of nitrogens with zero attached hydrogens (tertiary/aromatic N) is 1. The molecule has 2 unspecified atom stereocenters. The van der Waals surface area contributed by atoms with Crippen LogP contribution in [0.15, 0.2) is 59.8 Å². The van der Waals surface area contributed by atoms with E-state index in [4.69, 9.17) is 15.3 Å². The molecule has 6 nitrogen and oxygen atoms in total. The second-order valence-corrected chi connectivity index (χ2v) is 8.16. The summed E-state index contributed by atoms with van der Waals surface area (Å²) < 4.78 is 5.89. The van der Waals surface area contributed by atoms with Crippen molar-refractivity contribution >= 4 is 34.8 Å². The number of nitrogens with one attached hydrogen (secondary N) is 1. The Bertz CT molecular complexity index is 1090. The van der Waals surface area contributed by atoms with Crippen molar-refractivity contribution in [2.75, 3.05) is 11.1 Å². The number of fused-ring (bicyclic) bond motifs is 1. The highest BCUT2D eigenvalue weighted by Crippen LogP contribution is 2.40. The standard InChI is InChI=1S/C23H23N3O3S/c1-3-25-29-22(15-7-6-10-19-16(15)13-14(2)28-19)20-11-12-21(30-20)23(27)26-18-9-5-4-8-17(18)24/h3-12,14,22H,13,24H2,1-2H3,(H,26,27). The van der Waals surface area contributed by atoms with Gasteiger partial charge in [-0.05, 0) is 44.2 Å². The first kappa shape index (κ1) is 20.0. The van der Waals surface area contributed by atoms with E-state index in [0.717, 1.165) is 28.2 Å². The van der Waals surface area contributed by atoms with Crippen LogP contribution in [0.2, 0.25) is 0 Å². The lowest BCUT2D eigenvalue weighted by atomic mass is 9.98. The van der Waals surface area contributed by atoms with Gasteiger partial charge in [0.2, 0.25) is 0 Å². The van der Waals surface area contributed by atoms with Crippen LogP contribution >= 0.6 is 11.3 Å². The zero-order valence-corrected chi connectivity index (χ0v) is 17.6. The summed E-state index contributed by atoms with van der Waals surface area (Å²) in [6.07, 6.45) is 2.12. The normalized spacial score (nSPS) is 16.1. The molecule has 0 radical (unpaired) electrons. The highest BCUT2D eigenvalue weighted by atomic mass is 32.1. The molecule has 1 amide bonds. The summed E-state index contributed by atoms with van der Waals surface area (Å²) in [4.78, 5) is 20.0. The maximum Gasteiger partial charge on any atom is 0.265 e. The number of benzene rings is 2. The van der Waals surface area contributed by atoms with Crippen molar-refractivity contribution in [3.63, 3.8) is 0 Å². The summed E-state index contributed by atoms with van der Waals surface area (Å²) in [5, 5.41) is 6.89. The van der Waals surface area contributed by atoms with Crippen LogP contribution in [0, 0.1) is 0 Å². The molecule has 4 rings (SSSR count). The summed E-state index contributed by atoms with van der Waals surface area (Å²) in [5.74, 6) is 0.667. The van der Waals surface area contributed by atoms with Gasteiger partial charge < -0.3 is 20.6 Å². The van der Waals surface area contributed by atoms with Gasteiger partial charge in [0.25, 0.3) is 5.91 Å². The molecule has 0 aliphatic carbocycles. The highest BCUT2D eigenvalue weighted by Gasteiger charge is 2.29. The number of nitrogen functional groups attached to an aromatic ring is 1. The van der Waals surface area contributed by atoms with Gasteiger partial charge in [0, 0.05) is 23.8 Å². The van der Waals surface area contributed by atoms with Gasteiger partial charge in [-0.25, -0.2) is 0 Å². The van der Waals surface area contributed by atoms with Crippen molar-refractivity contribution in [3.8, 4) is 5.75 Å². The van der Waals surface area contributed by atoms with E-state index < -0.39 is 6.10 Å². The Morgan fingerprint density at radius 3 is 2.90 bits per heavy atom. The minimum absolute atomic E-state index is 0.123. The third-order valence-corrected chi connectivity index (χ3v) is 5.99. The lowest BCUT2D eigenvalue weighted by molar-refractivity contribution is 0.0905. The van der Waals surface area contributed by atoms with E-state index in [0.29, 0.717) is 16.3 Å². The predicted molar refractivity (Wildman–Crippen MR) is 120 cm³/mol. The van der Waals surface area contributed by atoms with Gasteiger partial charge in [0.15, 0.2) is 6.10 Å². The molecule has 30 heavy (non-hydrogen) atoms. The van der Waals surface area contributed by atoms with Crippen LogP contribution in [0.4, 0.5) is 11.4 Å². The Morgan fingerprint density at radius 1 is 1.27 bits per heavy atom. The molecule has 154 valence electrons. The second-order valence-electron chi connectivity index (χ2n) is 7.05. The molecule has 2 heterocycles. The zero-order chi connectivity index (χ0) is 21.1. The number of amides is 1. The Labute approximate surface area is 179 Å². The molecule has 1 aromatic heterocycles. The van der Waals surface area contributed by atoms with Crippen molar-refractivity contribution in [2.45, 2.75) is 32.5 Å². The molecule has 0 saturated carbocycles. The van der Waals surface area contributed by atoms with Gasteiger partial charge in [-0.2, -0.15) is 0 Å². The summed E-state index contributed by atoms with van der Waals surface area (Å²) >= 11 is 1.37. The third kappa shape index (κ3) is 4.02. The van der Waals surface area contributed by atoms with E-state index in [-0.39, 0.29) is 12.0 Å². The molecule has 2 aromatic carbocycles. The number of rotatable bonds is 6. The molecule has 3 N–H and O–H groups in total. The molecule has 1 aliphatic rings. The SMILES string of the molecule is CC=NOC(c1ccc(C(=O)Nc2ccccc2N)s1)c1cccc2c1CC(C)O2. The maximum absolute atomic E-state index is 12.7. The molecule has 2 atom stereocenters. The minimum atomic E-state index is -0.418. The minimum Gasteiger partial charge on any atom is -0.490 e. The van der Waals surface area contributed by atoms with Crippen molar-refractivity contribution in [1.29, 1.82) is 0 Å². The number of thiophene rings is 1. The fourth-order valence-electron chi connectivity index (χ4n) is 3.50. The molecule has 7 heteroatoms. The average Bonchev–Trinajstić information content (AvgIpc) is 3.36. The first-order valence-corrected chi connectivity index (χ1v) is 10.6. The molecule has 0 saturated heterocycles. The second kappa shape index (κ2) is 8.59. The molecule has 0 bridgehead atoms. The Morgan fingerprint density at radius 2 is 2.10 bits per heavy atom. The third-order valence-electron chi connectivity index (χ3n) is 4.86. The van der Waals surface area contributed by atoms with Crippen molar-refractivity contribution in [3.05, 3.63) is 75.5 Å². The average molecular weight is 422 g/mol. The summed E-state index contributed by atoms with van der Waals surface area (Å²) in [5.41, 5.74) is 9.18. The van der Waals surface area contributed by atoms with Crippen molar-refractivity contribution in [1.82, 2.24) is 0 Å². The molecular weight excluding hydrogens is 398 g/mol. The maximum atomic E-state index is 12.7. The Kier molecular flexibility index (Phi) is 5.72. The largest absolute Gasteiger partial charge is 0.490 e. The number of ether oxygens (including phenoxy) is 1. The van der Waals surface area contributed by atoms with Crippen LogP contribution in [0.5, 0.6) is 5.75 Å². The Balaban J connectivity index is 1.63. The van der Waals surface area contributed by atoms with E-state index in [1.165, 1.54) is 11.3 Å². The van der Waals surface area contributed by atoms with E-state index in [1.807, 2.05) is 43.3 Å². The number of carbonyl (C=O) groups is 1. The number of hydrogen-bond donors (Lipinski definition) is 2. The highest BCUT2D eigenvalue weighted by molar-refractivity contribution is 7.14. The summed E-state index contributed by atoms with van der Waals surface area (Å²) in [6, 6.07) is 16.8. The van der Waals surface area contributed by atoms with E-state index in [2.05, 4.69) is 10.5 Å². The molecule has 1 aliphatic heterocycles. The van der Waals surface area contributed by atoms with Crippen LogP contribution in [0.3, 0.4) is 0 Å². The smallest absolute Gasteiger partial charge is 0.265 e. The quantitative estimate of drug-likeness (QED) is 0.332. The van der Waals surface area contributed by atoms with Crippen LogP contribution in [0.25, 0.3) is 0 Å². The fraction of sp³-hybridized carbons (Fsp3) is 0.217. The number of carbonyl (C=O) groups excluding carboxylic acids is 1. The zero-order valence-electron chi connectivity index (χ0n) is 16.8. The van der Waals surface area contributed by atoms with Crippen LogP contribution in [0.1, 0.15) is 45.6 Å². The topological polar surface area (TPSA) is 85.9 Å². The number of hydrogen-bond acceptors (Lipinski definition) is 6.